The number of aromatic nitrogens is 1. The fourth-order valence-electron chi connectivity index (χ4n) is 2.63. The van der Waals surface area contributed by atoms with E-state index in [1.807, 2.05) is 18.2 Å². The van der Waals surface area contributed by atoms with Crippen molar-refractivity contribution in [2.75, 3.05) is 29.9 Å². The number of rotatable bonds is 4. The Labute approximate surface area is 134 Å². The summed E-state index contributed by atoms with van der Waals surface area (Å²) in [4.78, 5) is 18.1. The number of nitrogens with zero attached hydrogens (tertiary/aromatic N) is 3. The summed E-state index contributed by atoms with van der Waals surface area (Å²) in [5, 5.41) is 14.9. The number of amides is 2. The molecule has 0 bridgehead atoms. The van der Waals surface area contributed by atoms with E-state index in [4.69, 9.17) is 5.26 Å². The van der Waals surface area contributed by atoms with Crippen LogP contribution in [-0.4, -0.2) is 30.6 Å². The molecule has 6 heteroatoms. The molecule has 1 aliphatic rings. The van der Waals surface area contributed by atoms with Crippen molar-refractivity contribution in [3.8, 4) is 6.07 Å². The first kappa shape index (κ1) is 14.9. The molecule has 2 N–H and O–H groups in total. The van der Waals surface area contributed by atoms with Crippen LogP contribution in [0.2, 0.25) is 0 Å². The predicted octanol–water partition coefficient (Wildman–Crippen LogP) is 2.14. The Kier molecular flexibility index (Phi) is 4.39. The van der Waals surface area contributed by atoms with Crippen LogP contribution in [0, 0.1) is 11.3 Å². The lowest BCUT2D eigenvalue weighted by molar-refractivity contribution is 0.247. The molecular formula is C17H17N5O. The molecular weight excluding hydrogens is 290 g/mol. The van der Waals surface area contributed by atoms with Crippen molar-refractivity contribution >= 4 is 17.5 Å². The molecule has 0 radical (unpaired) electrons. The largest absolute Gasteiger partial charge is 0.367 e. The highest BCUT2D eigenvalue weighted by molar-refractivity contribution is 5.94. The van der Waals surface area contributed by atoms with E-state index in [0.717, 1.165) is 12.1 Å². The number of pyridine rings is 1. The van der Waals surface area contributed by atoms with Crippen molar-refractivity contribution in [3.63, 3.8) is 0 Å². The van der Waals surface area contributed by atoms with Crippen LogP contribution < -0.4 is 15.5 Å². The lowest BCUT2D eigenvalue weighted by Gasteiger charge is -2.18. The number of para-hydroxylation sites is 1. The van der Waals surface area contributed by atoms with Gasteiger partial charge in [-0.3, -0.25) is 4.90 Å². The van der Waals surface area contributed by atoms with Gasteiger partial charge in [0.05, 0.1) is 5.56 Å². The highest BCUT2D eigenvalue weighted by atomic mass is 16.2. The number of nitriles is 1. The second kappa shape index (κ2) is 6.79. The molecule has 1 aliphatic heterocycles. The topological polar surface area (TPSA) is 81.0 Å². The van der Waals surface area contributed by atoms with Crippen LogP contribution in [0.5, 0.6) is 0 Å². The maximum absolute atomic E-state index is 12.3. The first-order valence-corrected chi connectivity index (χ1v) is 7.52. The molecule has 1 aromatic heterocycles. The monoisotopic (exact) mass is 307 g/mol. The van der Waals surface area contributed by atoms with Crippen LogP contribution in [0.3, 0.4) is 0 Å². The summed E-state index contributed by atoms with van der Waals surface area (Å²) >= 11 is 0. The highest BCUT2D eigenvalue weighted by Crippen LogP contribution is 2.27. The quantitative estimate of drug-likeness (QED) is 0.848. The van der Waals surface area contributed by atoms with Crippen LogP contribution in [0.1, 0.15) is 11.1 Å². The zero-order chi connectivity index (χ0) is 16.1. The normalized spacial score (nSPS) is 12.4. The van der Waals surface area contributed by atoms with Gasteiger partial charge in [0.25, 0.3) is 0 Å². The summed E-state index contributed by atoms with van der Waals surface area (Å²) in [6, 6.07) is 13.4. The average Bonchev–Trinajstić information content (AvgIpc) is 3.03. The number of carbonyl (C=O) groups excluding carboxylic acids is 1. The zero-order valence-electron chi connectivity index (χ0n) is 12.6. The van der Waals surface area contributed by atoms with Crippen LogP contribution in [-0.2, 0) is 6.42 Å². The molecule has 0 atom stereocenters. The molecule has 1 aromatic carbocycles. The van der Waals surface area contributed by atoms with Gasteiger partial charge < -0.3 is 10.6 Å². The third-order valence-corrected chi connectivity index (χ3v) is 3.75. The molecule has 0 saturated carbocycles. The van der Waals surface area contributed by atoms with Gasteiger partial charge in [0, 0.05) is 31.5 Å². The van der Waals surface area contributed by atoms with Gasteiger partial charge in [-0.25, -0.2) is 9.78 Å². The lowest BCUT2D eigenvalue weighted by atomic mass is 10.2. The van der Waals surface area contributed by atoms with Crippen molar-refractivity contribution < 1.29 is 4.79 Å². The number of nitrogens with one attached hydrogen (secondary N) is 2. The minimum absolute atomic E-state index is 0.0988. The van der Waals surface area contributed by atoms with Gasteiger partial charge in [0.15, 0.2) is 0 Å². The molecule has 0 spiro atoms. The minimum atomic E-state index is -0.0988. The summed E-state index contributed by atoms with van der Waals surface area (Å²) in [5.74, 6) is 0.538. The Bertz CT molecular complexity index is 753. The first-order valence-electron chi connectivity index (χ1n) is 7.52. The van der Waals surface area contributed by atoms with Crippen molar-refractivity contribution in [1.29, 1.82) is 5.26 Å². The van der Waals surface area contributed by atoms with E-state index in [1.165, 1.54) is 5.56 Å². The number of hydrogen-bond acceptors (Lipinski definition) is 4. The molecule has 0 aliphatic carbocycles. The van der Waals surface area contributed by atoms with E-state index in [-0.39, 0.29) is 6.03 Å². The molecule has 2 aromatic rings. The van der Waals surface area contributed by atoms with Crippen molar-refractivity contribution in [3.05, 3.63) is 53.7 Å². The van der Waals surface area contributed by atoms with Gasteiger partial charge in [0.1, 0.15) is 11.9 Å². The molecule has 0 saturated heterocycles. The molecule has 3 rings (SSSR count). The van der Waals surface area contributed by atoms with Gasteiger partial charge in [-0.05, 0) is 30.2 Å². The van der Waals surface area contributed by atoms with E-state index >= 15 is 0 Å². The summed E-state index contributed by atoms with van der Waals surface area (Å²) in [5.41, 5.74) is 2.68. The van der Waals surface area contributed by atoms with Crippen LogP contribution in [0.4, 0.5) is 16.3 Å². The second-order valence-corrected chi connectivity index (χ2v) is 5.20. The maximum Gasteiger partial charge on any atom is 0.321 e. The molecule has 0 fully saturated rings. The van der Waals surface area contributed by atoms with E-state index in [0.29, 0.717) is 31.0 Å². The Morgan fingerprint density at radius 1 is 1.26 bits per heavy atom. The number of benzene rings is 1. The Balaban J connectivity index is 1.50. The SMILES string of the molecule is N#Cc1cccnc1NCCNC(=O)N1CCc2ccccc21. The molecule has 2 heterocycles. The minimum Gasteiger partial charge on any atom is -0.367 e. The van der Waals surface area contributed by atoms with Gasteiger partial charge in [-0.15, -0.1) is 0 Å². The first-order chi connectivity index (χ1) is 11.3. The van der Waals surface area contributed by atoms with Gasteiger partial charge in [0.2, 0.25) is 0 Å². The summed E-state index contributed by atoms with van der Waals surface area (Å²) < 4.78 is 0. The Hall–Kier alpha value is -3.07. The van der Waals surface area contributed by atoms with E-state index in [9.17, 15) is 4.79 Å². The number of carbonyl (C=O) groups is 1. The standard InChI is InChI=1S/C17H17N5O/c18-12-14-5-3-8-19-16(14)20-9-10-21-17(23)22-11-7-13-4-1-2-6-15(13)22/h1-6,8H,7,9-11H2,(H,19,20)(H,21,23). The fraction of sp³-hybridized carbons (Fsp3) is 0.235. The number of urea groups is 1. The summed E-state index contributed by atoms with van der Waals surface area (Å²) in [6.07, 6.45) is 2.52. The summed E-state index contributed by atoms with van der Waals surface area (Å²) in [7, 11) is 0. The molecule has 0 unspecified atom stereocenters. The van der Waals surface area contributed by atoms with E-state index in [2.05, 4.69) is 27.8 Å². The van der Waals surface area contributed by atoms with Gasteiger partial charge in [-0.2, -0.15) is 5.26 Å². The molecule has 23 heavy (non-hydrogen) atoms. The Morgan fingerprint density at radius 3 is 3.00 bits per heavy atom. The smallest absolute Gasteiger partial charge is 0.321 e. The molecule has 2 amide bonds. The van der Waals surface area contributed by atoms with Gasteiger partial charge >= 0.3 is 6.03 Å². The fourth-order valence-corrected chi connectivity index (χ4v) is 2.63. The van der Waals surface area contributed by atoms with Crippen LogP contribution >= 0.6 is 0 Å². The average molecular weight is 307 g/mol. The van der Waals surface area contributed by atoms with Crippen molar-refractivity contribution in [2.45, 2.75) is 6.42 Å². The molecule has 116 valence electrons. The third-order valence-electron chi connectivity index (χ3n) is 3.75. The number of fused-ring (bicyclic) bond motifs is 1. The van der Waals surface area contributed by atoms with E-state index in [1.54, 1.807) is 23.2 Å². The van der Waals surface area contributed by atoms with Crippen molar-refractivity contribution in [2.24, 2.45) is 0 Å². The number of hydrogen-bond donors (Lipinski definition) is 2. The van der Waals surface area contributed by atoms with Crippen molar-refractivity contribution in [1.82, 2.24) is 10.3 Å². The number of anilines is 2. The maximum atomic E-state index is 12.3. The van der Waals surface area contributed by atoms with Crippen LogP contribution in [0.25, 0.3) is 0 Å². The Morgan fingerprint density at radius 2 is 2.13 bits per heavy atom. The van der Waals surface area contributed by atoms with Crippen LogP contribution in [0.15, 0.2) is 42.6 Å². The predicted molar refractivity (Wildman–Crippen MR) is 88.3 cm³/mol. The third kappa shape index (κ3) is 3.24. The molecule has 6 nitrogen and oxygen atoms in total. The zero-order valence-corrected chi connectivity index (χ0v) is 12.6. The summed E-state index contributed by atoms with van der Waals surface area (Å²) in [6.45, 7) is 1.67. The van der Waals surface area contributed by atoms with Gasteiger partial charge in [-0.1, -0.05) is 18.2 Å². The highest BCUT2D eigenvalue weighted by Gasteiger charge is 2.23. The lowest BCUT2D eigenvalue weighted by Crippen LogP contribution is -2.40. The van der Waals surface area contributed by atoms with E-state index < -0.39 is 0 Å². The second-order valence-electron chi connectivity index (χ2n) is 5.20.